The van der Waals surface area contributed by atoms with Gasteiger partial charge >= 0.3 is 0 Å². The van der Waals surface area contributed by atoms with Gasteiger partial charge in [0.25, 0.3) is 0 Å². The minimum atomic E-state index is -0.0378. The lowest BCUT2D eigenvalue weighted by Gasteiger charge is -2.14. The van der Waals surface area contributed by atoms with Crippen LogP contribution in [0.1, 0.15) is 13.8 Å². The van der Waals surface area contributed by atoms with Gasteiger partial charge in [-0.1, -0.05) is 36.5 Å². The summed E-state index contributed by atoms with van der Waals surface area (Å²) < 4.78 is 5.62. The van der Waals surface area contributed by atoms with Crippen molar-refractivity contribution < 1.29 is 4.74 Å². The van der Waals surface area contributed by atoms with Crippen molar-refractivity contribution in [3.8, 4) is 0 Å². The minimum absolute atomic E-state index is 0.0378. The zero-order chi connectivity index (χ0) is 10.1. The van der Waals surface area contributed by atoms with Gasteiger partial charge in [0.2, 0.25) is 0 Å². The van der Waals surface area contributed by atoms with E-state index in [2.05, 4.69) is 13.2 Å². The van der Waals surface area contributed by atoms with Crippen molar-refractivity contribution in [2.24, 2.45) is 0 Å². The molecule has 13 heavy (non-hydrogen) atoms. The van der Waals surface area contributed by atoms with E-state index in [0.29, 0.717) is 0 Å². The van der Waals surface area contributed by atoms with E-state index in [1.165, 1.54) is 0 Å². The van der Waals surface area contributed by atoms with Crippen LogP contribution in [0.25, 0.3) is 0 Å². The SMILES string of the molecule is C=CC(C=CC)OC(C=C)C=CC. The second kappa shape index (κ2) is 7.56. The van der Waals surface area contributed by atoms with Crippen LogP contribution in [-0.4, -0.2) is 12.2 Å². The Morgan fingerprint density at radius 2 is 1.31 bits per heavy atom. The van der Waals surface area contributed by atoms with Gasteiger partial charge in [0.15, 0.2) is 0 Å². The van der Waals surface area contributed by atoms with Crippen LogP contribution in [0.5, 0.6) is 0 Å². The summed E-state index contributed by atoms with van der Waals surface area (Å²) in [4.78, 5) is 0. The van der Waals surface area contributed by atoms with E-state index in [9.17, 15) is 0 Å². The Morgan fingerprint density at radius 3 is 1.54 bits per heavy atom. The molecule has 0 aromatic rings. The lowest BCUT2D eigenvalue weighted by atomic mass is 10.2. The summed E-state index contributed by atoms with van der Waals surface area (Å²) in [5, 5.41) is 0. The number of ether oxygens (including phenoxy) is 1. The fraction of sp³-hybridized carbons (Fsp3) is 0.333. The van der Waals surface area contributed by atoms with Crippen molar-refractivity contribution in [2.75, 3.05) is 0 Å². The summed E-state index contributed by atoms with van der Waals surface area (Å²) in [6, 6.07) is 0. The summed E-state index contributed by atoms with van der Waals surface area (Å²) in [6.45, 7) is 11.3. The van der Waals surface area contributed by atoms with Crippen LogP contribution in [-0.2, 0) is 4.74 Å². The summed E-state index contributed by atoms with van der Waals surface area (Å²) in [7, 11) is 0. The van der Waals surface area contributed by atoms with Crippen LogP contribution in [0.3, 0.4) is 0 Å². The molecule has 1 nitrogen and oxygen atoms in total. The quantitative estimate of drug-likeness (QED) is 0.567. The molecule has 0 heterocycles. The third-order valence-electron chi connectivity index (χ3n) is 1.54. The molecule has 2 atom stereocenters. The van der Waals surface area contributed by atoms with Gasteiger partial charge in [-0.05, 0) is 13.8 Å². The molecule has 0 N–H and O–H groups in total. The van der Waals surface area contributed by atoms with Crippen LogP contribution >= 0.6 is 0 Å². The van der Waals surface area contributed by atoms with Crippen molar-refractivity contribution in [1.82, 2.24) is 0 Å². The molecule has 1 heteroatoms. The Morgan fingerprint density at radius 1 is 0.923 bits per heavy atom. The van der Waals surface area contributed by atoms with Gasteiger partial charge in [-0.2, -0.15) is 0 Å². The van der Waals surface area contributed by atoms with Gasteiger partial charge in [-0.25, -0.2) is 0 Å². The molecule has 0 aromatic carbocycles. The van der Waals surface area contributed by atoms with E-state index in [1.54, 1.807) is 12.2 Å². The van der Waals surface area contributed by atoms with Crippen LogP contribution < -0.4 is 0 Å². The fourth-order valence-corrected chi connectivity index (χ4v) is 0.920. The van der Waals surface area contributed by atoms with E-state index in [4.69, 9.17) is 4.74 Å². The highest BCUT2D eigenvalue weighted by atomic mass is 16.5. The van der Waals surface area contributed by atoms with Gasteiger partial charge in [-0.15, -0.1) is 13.2 Å². The Kier molecular flexibility index (Phi) is 6.93. The highest BCUT2D eigenvalue weighted by molar-refractivity contribution is 5.03. The van der Waals surface area contributed by atoms with Crippen molar-refractivity contribution in [3.63, 3.8) is 0 Å². The maximum atomic E-state index is 5.62. The monoisotopic (exact) mass is 178 g/mol. The van der Waals surface area contributed by atoms with E-state index in [0.717, 1.165) is 0 Å². The second-order valence-corrected chi connectivity index (χ2v) is 2.59. The Hall–Kier alpha value is -1.08. The largest absolute Gasteiger partial charge is 0.359 e. The van der Waals surface area contributed by atoms with Crippen molar-refractivity contribution in [3.05, 3.63) is 49.6 Å². The highest BCUT2D eigenvalue weighted by Crippen LogP contribution is 2.04. The molecule has 0 rings (SSSR count). The minimum Gasteiger partial charge on any atom is -0.359 e. The van der Waals surface area contributed by atoms with Crippen molar-refractivity contribution in [2.45, 2.75) is 26.1 Å². The molecule has 0 amide bonds. The molecular formula is C12H18O. The van der Waals surface area contributed by atoms with Crippen LogP contribution in [0.4, 0.5) is 0 Å². The predicted octanol–water partition coefficient (Wildman–Crippen LogP) is 3.26. The molecule has 2 unspecified atom stereocenters. The summed E-state index contributed by atoms with van der Waals surface area (Å²) >= 11 is 0. The van der Waals surface area contributed by atoms with E-state index >= 15 is 0 Å². The summed E-state index contributed by atoms with van der Waals surface area (Å²) in [5.41, 5.74) is 0. The van der Waals surface area contributed by atoms with Crippen LogP contribution in [0, 0.1) is 0 Å². The van der Waals surface area contributed by atoms with Gasteiger partial charge in [0.05, 0.1) is 12.2 Å². The zero-order valence-corrected chi connectivity index (χ0v) is 8.44. The number of allylic oxidation sites excluding steroid dienone is 2. The highest BCUT2D eigenvalue weighted by Gasteiger charge is 2.04. The van der Waals surface area contributed by atoms with Gasteiger partial charge in [-0.3, -0.25) is 0 Å². The van der Waals surface area contributed by atoms with Crippen molar-refractivity contribution in [1.29, 1.82) is 0 Å². The number of rotatable bonds is 6. The van der Waals surface area contributed by atoms with Crippen molar-refractivity contribution >= 4 is 0 Å². The molecule has 0 aliphatic rings. The molecule has 0 bridgehead atoms. The van der Waals surface area contributed by atoms with Crippen LogP contribution in [0.2, 0.25) is 0 Å². The first kappa shape index (κ1) is 11.9. The molecule has 0 aliphatic heterocycles. The van der Waals surface area contributed by atoms with Gasteiger partial charge in [0.1, 0.15) is 0 Å². The standard InChI is InChI=1S/C12H18O/c1-5-9-11(7-3)13-12(8-4)10-6-2/h5-12H,3-4H2,1-2H3. The van der Waals surface area contributed by atoms with Gasteiger partial charge in [0, 0.05) is 0 Å². The second-order valence-electron chi connectivity index (χ2n) is 2.59. The van der Waals surface area contributed by atoms with E-state index in [1.807, 2.05) is 38.2 Å². The first-order valence-corrected chi connectivity index (χ1v) is 4.44. The number of hydrogen-bond acceptors (Lipinski definition) is 1. The smallest absolute Gasteiger partial charge is 0.0947 e. The average molecular weight is 178 g/mol. The molecule has 0 aromatic heterocycles. The average Bonchev–Trinajstić information content (AvgIpc) is 2.16. The molecule has 0 radical (unpaired) electrons. The molecule has 0 spiro atoms. The molecule has 0 saturated carbocycles. The van der Waals surface area contributed by atoms with E-state index < -0.39 is 0 Å². The molecule has 72 valence electrons. The van der Waals surface area contributed by atoms with E-state index in [-0.39, 0.29) is 12.2 Å². The summed E-state index contributed by atoms with van der Waals surface area (Å²) in [5.74, 6) is 0. The third kappa shape index (κ3) is 5.21. The third-order valence-corrected chi connectivity index (χ3v) is 1.54. The number of hydrogen-bond donors (Lipinski definition) is 0. The summed E-state index contributed by atoms with van der Waals surface area (Å²) in [6.07, 6.45) is 11.2. The van der Waals surface area contributed by atoms with Gasteiger partial charge < -0.3 is 4.74 Å². The lowest BCUT2D eigenvalue weighted by molar-refractivity contribution is 0.0966. The predicted molar refractivity (Wildman–Crippen MR) is 58.7 cm³/mol. The Labute approximate surface area is 81.1 Å². The topological polar surface area (TPSA) is 9.23 Å². The maximum Gasteiger partial charge on any atom is 0.0947 e. The normalized spacial score (nSPS) is 16.2. The first-order chi connectivity index (χ1) is 6.28. The molecular weight excluding hydrogens is 160 g/mol. The molecule has 0 saturated heterocycles. The first-order valence-electron chi connectivity index (χ1n) is 4.44. The van der Waals surface area contributed by atoms with Crippen LogP contribution in [0.15, 0.2) is 49.6 Å². The Bertz CT molecular complexity index is 179. The maximum absolute atomic E-state index is 5.62. The fourth-order valence-electron chi connectivity index (χ4n) is 0.920. The lowest BCUT2D eigenvalue weighted by Crippen LogP contribution is -2.14. The molecule has 0 aliphatic carbocycles. The Balaban J connectivity index is 4.17. The zero-order valence-electron chi connectivity index (χ0n) is 8.44. The molecule has 0 fully saturated rings.